The number of benzene rings is 1. The Morgan fingerprint density at radius 3 is 2.78 bits per heavy atom. The fourth-order valence-electron chi connectivity index (χ4n) is 1.86. The highest BCUT2D eigenvalue weighted by molar-refractivity contribution is 7.92. The molecule has 98 valence electrons. The Labute approximate surface area is 106 Å². The Kier molecular flexibility index (Phi) is 3.30. The van der Waals surface area contributed by atoms with Crippen molar-refractivity contribution in [2.45, 2.75) is 13.8 Å². The van der Waals surface area contributed by atoms with Gasteiger partial charge >= 0.3 is 0 Å². The maximum Gasteiger partial charge on any atom is 0.235 e. The molecule has 0 saturated carbocycles. The third-order valence-corrected chi connectivity index (χ3v) is 4.67. The molecule has 5 nitrogen and oxygen atoms in total. The lowest BCUT2D eigenvalue weighted by Crippen LogP contribution is -2.38. The predicted molar refractivity (Wildman–Crippen MR) is 68.7 cm³/mol. The molecule has 6 heteroatoms. The Bertz CT molecular complexity index is 580. The molecule has 0 spiro atoms. The van der Waals surface area contributed by atoms with E-state index in [-0.39, 0.29) is 18.1 Å². The van der Waals surface area contributed by atoms with Crippen LogP contribution in [0.3, 0.4) is 0 Å². The number of fused-ring (bicyclic) bond motifs is 1. The molecule has 0 N–H and O–H groups in total. The number of rotatable bonds is 3. The molecular weight excluding hydrogens is 254 g/mol. The van der Waals surface area contributed by atoms with E-state index in [1.807, 2.05) is 0 Å². The number of sulfonamides is 1. The highest BCUT2D eigenvalue weighted by Gasteiger charge is 2.27. The number of ketones is 1. The molecule has 0 saturated heterocycles. The quantitative estimate of drug-likeness (QED) is 0.779. The smallest absolute Gasteiger partial charge is 0.235 e. The van der Waals surface area contributed by atoms with Gasteiger partial charge in [-0.2, -0.15) is 0 Å². The summed E-state index contributed by atoms with van der Waals surface area (Å²) in [5, 5.41) is 0. The van der Waals surface area contributed by atoms with E-state index in [0.717, 1.165) is 0 Å². The lowest BCUT2D eigenvalue weighted by atomic mass is 10.1. The van der Waals surface area contributed by atoms with Gasteiger partial charge in [0, 0.05) is 5.56 Å². The normalized spacial score (nSPS) is 14.9. The molecule has 0 unspecified atom stereocenters. The molecule has 0 aliphatic carbocycles. The average Bonchev–Trinajstić information content (AvgIpc) is 2.37. The lowest BCUT2D eigenvalue weighted by Gasteiger charge is -2.30. The van der Waals surface area contributed by atoms with Gasteiger partial charge in [-0.1, -0.05) is 0 Å². The number of hydrogen-bond donors (Lipinski definition) is 0. The van der Waals surface area contributed by atoms with E-state index >= 15 is 0 Å². The van der Waals surface area contributed by atoms with Crippen LogP contribution in [0.25, 0.3) is 0 Å². The minimum Gasteiger partial charge on any atom is -0.489 e. The maximum absolute atomic E-state index is 12.0. The van der Waals surface area contributed by atoms with Crippen LogP contribution in [0.5, 0.6) is 5.75 Å². The summed E-state index contributed by atoms with van der Waals surface area (Å²) >= 11 is 0. The number of anilines is 1. The van der Waals surface area contributed by atoms with Gasteiger partial charge in [0.2, 0.25) is 10.0 Å². The van der Waals surface area contributed by atoms with Crippen molar-refractivity contribution in [1.82, 2.24) is 0 Å². The van der Waals surface area contributed by atoms with Crippen LogP contribution in [0.1, 0.15) is 24.2 Å². The highest BCUT2D eigenvalue weighted by Crippen LogP contribution is 2.34. The summed E-state index contributed by atoms with van der Waals surface area (Å²) in [7, 11) is -3.34. The highest BCUT2D eigenvalue weighted by atomic mass is 32.2. The number of carbonyl (C=O) groups is 1. The Morgan fingerprint density at radius 2 is 2.17 bits per heavy atom. The fourth-order valence-corrected chi connectivity index (χ4v) is 2.96. The van der Waals surface area contributed by atoms with Gasteiger partial charge in [-0.3, -0.25) is 9.10 Å². The van der Waals surface area contributed by atoms with Crippen molar-refractivity contribution in [2.24, 2.45) is 0 Å². The maximum atomic E-state index is 12.0. The monoisotopic (exact) mass is 269 g/mol. The van der Waals surface area contributed by atoms with Crippen LogP contribution in [0.4, 0.5) is 5.69 Å². The second kappa shape index (κ2) is 4.61. The summed E-state index contributed by atoms with van der Waals surface area (Å²) in [6.45, 7) is 3.65. The minimum absolute atomic E-state index is 0.0245. The lowest BCUT2D eigenvalue weighted by molar-refractivity contribution is 0.101. The van der Waals surface area contributed by atoms with Gasteiger partial charge in [-0.25, -0.2) is 8.42 Å². The van der Waals surface area contributed by atoms with E-state index in [1.165, 1.54) is 11.2 Å². The molecule has 1 aliphatic heterocycles. The van der Waals surface area contributed by atoms with Gasteiger partial charge in [0.05, 0.1) is 18.0 Å². The van der Waals surface area contributed by atoms with Crippen LogP contribution in [0.15, 0.2) is 18.2 Å². The van der Waals surface area contributed by atoms with E-state index < -0.39 is 10.0 Å². The number of carbonyl (C=O) groups excluding carboxylic acids is 1. The van der Waals surface area contributed by atoms with Crippen molar-refractivity contribution < 1.29 is 17.9 Å². The molecule has 1 heterocycles. The molecule has 0 bridgehead atoms. The molecule has 18 heavy (non-hydrogen) atoms. The van der Waals surface area contributed by atoms with Crippen molar-refractivity contribution in [3.8, 4) is 5.75 Å². The minimum atomic E-state index is -3.34. The Balaban J connectivity index is 2.54. The van der Waals surface area contributed by atoms with E-state index in [0.29, 0.717) is 23.6 Å². The third-order valence-electron chi connectivity index (χ3n) is 2.89. The molecule has 0 fully saturated rings. The standard InChI is InChI=1S/C12H15NO4S/c1-3-18(15,16)13-6-7-17-12-5-4-10(9(2)14)8-11(12)13/h4-5,8H,3,6-7H2,1-2H3. The van der Waals surface area contributed by atoms with Crippen LogP contribution in [0.2, 0.25) is 0 Å². The van der Waals surface area contributed by atoms with Gasteiger partial charge in [-0.05, 0) is 32.0 Å². The third kappa shape index (κ3) is 2.20. The summed E-state index contributed by atoms with van der Waals surface area (Å²) in [6, 6.07) is 4.86. The number of Topliss-reactive ketones (excluding diaryl/α,β-unsaturated/α-hetero) is 1. The number of ether oxygens (including phenoxy) is 1. The van der Waals surface area contributed by atoms with Gasteiger partial charge in [0.25, 0.3) is 0 Å². The molecule has 2 rings (SSSR count). The second-order valence-corrected chi connectivity index (χ2v) is 6.24. The topological polar surface area (TPSA) is 63.7 Å². The first kappa shape index (κ1) is 12.9. The van der Waals surface area contributed by atoms with Crippen LogP contribution in [-0.4, -0.2) is 33.1 Å². The number of nitrogens with zero attached hydrogens (tertiary/aromatic N) is 1. The van der Waals surface area contributed by atoms with E-state index in [9.17, 15) is 13.2 Å². The zero-order valence-corrected chi connectivity index (χ0v) is 11.2. The van der Waals surface area contributed by atoms with Crippen molar-refractivity contribution in [2.75, 3.05) is 23.2 Å². The predicted octanol–water partition coefficient (Wildman–Crippen LogP) is 1.44. The van der Waals surface area contributed by atoms with E-state index in [1.54, 1.807) is 25.1 Å². The van der Waals surface area contributed by atoms with Crippen LogP contribution < -0.4 is 9.04 Å². The first-order valence-corrected chi connectivity index (χ1v) is 7.35. The SMILES string of the molecule is CCS(=O)(=O)N1CCOc2ccc(C(C)=O)cc21. The van der Waals surface area contributed by atoms with Crippen molar-refractivity contribution in [3.63, 3.8) is 0 Å². The first-order chi connectivity index (χ1) is 8.45. The zero-order valence-electron chi connectivity index (χ0n) is 10.3. The zero-order chi connectivity index (χ0) is 13.3. The van der Waals surface area contributed by atoms with Crippen LogP contribution >= 0.6 is 0 Å². The summed E-state index contributed by atoms with van der Waals surface area (Å²) in [5.74, 6) is 0.428. The summed E-state index contributed by atoms with van der Waals surface area (Å²) in [6.07, 6.45) is 0. The summed E-state index contributed by atoms with van der Waals surface area (Å²) < 4.78 is 30.7. The summed E-state index contributed by atoms with van der Waals surface area (Å²) in [4.78, 5) is 11.3. The van der Waals surface area contributed by atoms with Crippen molar-refractivity contribution >= 4 is 21.5 Å². The average molecular weight is 269 g/mol. The molecule has 0 radical (unpaired) electrons. The first-order valence-electron chi connectivity index (χ1n) is 5.74. The van der Waals surface area contributed by atoms with Gasteiger partial charge < -0.3 is 4.74 Å². The van der Waals surface area contributed by atoms with E-state index in [2.05, 4.69) is 0 Å². The number of hydrogen-bond acceptors (Lipinski definition) is 4. The molecule has 1 aromatic rings. The Hall–Kier alpha value is -1.56. The molecule has 1 aliphatic rings. The second-order valence-electron chi connectivity index (χ2n) is 4.06. The molecular formula is C12H15NO4S. The van der Waals surface area contributed by atoms with Crippen molar-refractivity contribution in [1.29, 1.82) is 0 Å². The van der Waals surface area contributed by atoms with E-state index in [4.69, 9.17) is 4.74 Å². The molecule has 0 atom stereocenters. The van der Waals surface area contributed by atoms with Crippen LogP contribution in [0, 0.1) is 0 Å². The van der Waals surface area contributed by atoms with Gasteiger partial charge in [0.1, 0.15) is 12.4 Å². The molecule has 1 aromatic carbocycles. The molecule has 0 amide bonds. The fraction of sp³-hybridized carbons (Fsp3) is 0.417. The van der Waals surface area contributed by atoms with Crippen molar-refractivity contribution in [3.05, 3.63) is 23.8 Å². The van der Waals surface area contributed by atoms with Gasteiger partial charge in [-0.15, -0.1) is 0 Å². The largest absolute Gasteiger partial charge is 0.489 e. The Morgan fingerprint density at radius 1 is 1.44 bits per heavy atom. The van der Waals surface area contributed by atoms with Gasteiger partial charge in [0.15, 0.2) is 5.78 Å². The summed E-state index contributed by atoms with van der Waals surface area (Å²) in [5.41, 5.74) is 0.936. The molecule has 0 aromatic heterocycles. The van der Waals surface area contributed by atoms with Crippen LogP contribution in [-0.2, 0) is 10.0 Å².